The molecule has 6 nitrogen and oxygen atoms in total. The summed E-state index contributed by atoms with van der Waals surface area (Å²) in [7, 11) is 1.42. The second-order valence-electron chi connectivity index (χ2n) is 6.26. The van der Waals surface area contributed by atoms with E-state index in [9.17, 15) is 9.59 Å². The number of para-hydroxylation sites is 1. The molecule has 26 heavy (non-hydrogen) atoms. The maximum Gasteiger partial charge on any atom is 0.353 e. The van der Waals surface area contributed by atoms with Gasteiger partial charge in [-0.25, -0.2) is 4.79 Å². The number of aryl methyl sites for hydroxylation is 1. The lowest BCUT2D eigenvalue weighted by molar-refractivity contribution is -0.143. The monoisotopic (exact) mass is 350 g/mol. The number of hydrogen-bond donors (Lipinski definition) is 0. The van der Waals surface area contributed by atoms with E-state index in [-0.39, 0.29) is 12.5 Å². The topological polar surface area (TPSA) is 60.8 Å². The minimum absolute atomic E-state index is 0.00381. The molecule has 1 atom stereocenters. The molecule has 0 saturated carbocycles. The Hall–Kier alpha value is -3.12. The van der Waals surface area contributed by atoms with Crippen LogP contribution >= 0.6 is 0 Å². The largest absolute Gasteiger partial charge is 0.426 e. The summed E-state index contributed by atoms with van der Waals surface area (Å²) < 4.78 is 7.02. The average molecular weight is 350 g/mol. The number of esters is 1. The molecule has 1 aliphatic heterocycles. The van der Waals surface area contributed by atoms with Crippen LogP contribution < -0.4 is 4.74 Å². The van der Waals surface area contributed by atoms with E-state index in [0.717, 1.165) is 22.2 Å². The molecule has 1 aromatic heterocycles. The Kier molecular flexibility index (Phi) is 3.97. The van der Waals surface area contributed by atoms with Gasteiger partial charge < -0.3 is 4.74 Å². The van der Waals surface area contributed by atoms with Crippen molar-refractivity contribution in [2.75, 3.05) is 7.11 Å². The first-order valence-corrected chi connectivity index (χ1v) is 8.34. The molecule has 1 amide bonds. The third-order valence-electron chi connectivity index (χ3n) is 4.52. The number of fused-ring (bicyclic) bond motifs is 3. The summed E-state index contributed by atoms with van der Waals surface area (Å²) in [6, 6.07) is 16.0. The Balaban J connectivity index is 1.63. The van der Waals surface area contributed by atoms with E-state index in [4.69, 9.17) is 9.57 Å². The van der Waals surface area contributed by atoms with Crippen LogP contribution in [0.25, 0.3) is 10.9 Å². The molecule has 4 rings (SSSR count). The van der Waals surface area contributed by atoms with Gasteiger partial charge in [-0.15, -0.1) is 0 Å². The summed E-state index contributed by atoms with van der Waals surface area (Å²) in [5.41, 5.74) is 2.52. The Morgan fingerprint density at radius 1 is 1.12 bits per heavy atom. The summed E-state index contributed by atoms with van der Waals surface area (Å²) in [5, 5.41) is 2.17. The maximum absolute atomic E-state index is 12.7. The molecule has 0 aliphatic carbocycles. The van der Waals surface area contributed by atoms with E-state index in [1.54, 1.807) is 16.7 Å². The first-order chi connectivity index (χ1) is 12.6. The number of rotatable bonds is 4. The number of benzene rings is 2. The Labute approximate surface area is 150 Å². The van der Waals surface area contributed by atoms with E-state index in [1.807, 2.05) is 49.4 Å². The van der Waals surface area contributed by atoms with Gasteiger partial charge in [0.05, 0.1) is 24.7 Å². The lowest BCUT2D eigenvalue weighted by Crippen LogP contribution is -2.30. The predicted molar refractivity (Wildman–Crippen MR) is 95.8 cm³/mol. The molecule has 0 N–H and O–H groups in total. The molecule has 0 bridgehead atoms. The average Bonchev–Trinajstić information content (AvgIpc) is 3.11. The van der Waals surface area contributed by atoms with Crippen molar-refractivity contribution in [3.63, 3.8) is 0 Å². The predicted octanol–water partition coefficient (Wildman–Crippen LogP) is 3.83. The first kappa shape index (κ1) is 16.4. The van der Waals surface area contributed by atoms with Gasteiger partial charge in [-0.05, 0) is 36.8 Å². The van der Waals surface area contributed by atoms with Crippen LogP contribution in [0.15, 0.2) is 54.6 Å². The van der Waals surface area contributed by atoms with E-state index < -0.39 is 12.0 Å². The van der Waals surface area contributed by atoms with E-state index >= 15 is 0 Å². The van der Waals surface area contributed by atoms with Crippen molar-refractivity contribution in [1.82, 2.24) is 9.63 Å². The number of carbonyl (C=O) groups excluding carboxylic acids is 2. The molecule has 1 aliphatic rings. The number of ether oxygens (including phenoxy) is 1. The van der Waals surface area contributed by atoms with Crippen LogP contribution in [-0.4, -0.2) is 28.7 Å². The lowest BCUT2D eigenvalue weighted by Gasteiger charge is -2.20. The van der Waals surface area contributed by atoms with Gasteiger partial charge in [-0.1, -0.05) is 30.3 Å². The van der Waals surface area contributed by atoms with E-state index in [0.29, 0.717) is 5.75 Å². The number of amides is 1. The number of hydrogen-bond acceptors (Lipinski definition) is 4. The van der Waals surface area contributed by atoms with Gasteiger partial charge in [0.25, 0.3) is 0 Å². The molecule has 0 spiro atoms. The van der Waals surface area contributed by atoms with Crippen LogP contribution in [-0.2, 0) is 9.63 Å². The smallest absolute Gasteiger partial charge is 0.353 e. The van der Waals surface area contributed by atoms with Gasteiger partial charge >= 0.3 is 12.0 Å². The molecule has 2 heterocycles. The highest BCUT2D eigenvalue weighted by molar-refractivity contribution is 5.95. The number of hydroxylamine groups is 2. The van der Waals surface area contributed by atoms with Crippen LogP contribution in [0.1, 0.15) is 23.7 Å². The second kappa shape index (κ2) is 6.31. The third-order valence-corrected chi connectivity index (χ3v) is 4.52. The van der Waals surface area contributed by atoms with Crippen molar-refractivity contribution in [3.8, 4) is 5.75 Å². The first-order valence-electron chi connectivity index (χ1n) is 8.34. The molecule has 0 fully saturated rings. The fourth-order valence-electron chi connectivity index (χ4n) is 3.39. The third kappa shape index (κ3) is 2.64. The summed E-state index contributed by atoms with van der Waals surface area (Å²) in [4.78, 5) is 30.4. The molecule has 0 saturated heterocycles. The minimum Gasteiger partial charge on any atom is -0.426 e. The second-order valence-corrected chi connectivity index (χ2v) is 6.26. The van der Waals surface area contributed by atoms with Crippen molar-refractivity contribution in [1.29, 1.82) is 0 Å². The molecule has 1 unspecified atom stereocenters. The normalized spacial score (nSPS) is 16.2. The van der Waals surface area contributed by atoms with Crippen molar-refractivity contribution >= 4 is 22.9 Å². The lowest BCUT2D eigenvalue weighted by atomic mass is 10.1. The molecule has 2 aromatic carbocycles. The molecular formula is C20H18N2O4. The zero-order valence-electron chi connectivity index (χ0n) is 14.5. The zero-order valence-corrected chi connectivity index (χ0v) is 14.5. The van der Waals surface area contributed by atoms with E-state index in [2.05, 4.69) is 0 Å². The van der Waals surface area contributed by atoms with Gasteiger partial charge in [0.2, 0.25) is 0 Å². The minimum atomic E-state index is -0.530. The molecule has 0 radical (unpaired) electrons. The van der Waals surface area contributed by atoms with Crippen LogP contribution in [0.2, 0.25) is 0 Å². The van der Waals surface area contributed by atoms with Crippen LogP contribution in [0.5, 0.6) is 5.75 Å². The summed E-state index contributed by atoms with van der Waals surface area (Å²) >= 11 is 0. The maximum atomic E-state index is 12.7. The Morgan fingerprint density at radius 3 is 2.69 bits per heavy atom. The Morgan fingerprint density at radius 2 is 1.92 bits per heavy atom. The van der Waals surface area contributed by atoms with Crippen molar-refractivity contribution in [3.05, 3.63) is 65.9 Å². The van der Waals surface area contributed by atoms with Crippen molar-refractivity contribution in [2.45, 2.75) is 19.4 Å². The quantitative estimate of drug-likeness (QED) is 0.530. The SMILES string of the molecule is CON1C(=O)n2c(cc3ccccc32)C1CC(=O)Oc1cccc(C)c1. The summed E-state index contributed by atoms with van der Waals surface area (Å²) in [6.07, 6.45) is 0.00381. The van der Waals surface area contributed by atoms with Gasteiger partial charge in [-0.2, -0.15) is 5.06 Å². The highest BCUT2D eigenvalue weighted by atomic mass is 16.7. The van der Waals surface area contributed by atoms with Gasteiger partial charge in [0, 0.05) is 5.39 Å². The zero-order chi connectivity index (χ0) is 18.3. The van der Waals surface area contributed by atoms with Crippen LogP contribution in [0.3, 0.4) is 0 Å². The fourth-order valence-corrected chi connectivity index (χ4v) is 3.39. The molecule has 3 aromatic rings. The highest BCUT2D eigenvalue weighted by Gasteiger charge is 2.40. The van der Waals surface area contributed by atoms with E-state index in [1.165, 1.54) is 12.2 Å². The Bertz CT molecular complexity index is 1010. The number of aromatic nitrogens is 1. The van der Waals surface area contributed by atoms with Gasteiger partial charge in [-0.3, -0.25) is 14.2 Å². The standard InChI is InChI=1S/C20H18N2O4/c1-13-6-5-8-15(10-13)26-19(23)12-18-17-11-14-7-3-4-9-16(14)21(17)20(24)22(18)25-2/h3-11,18H,12H2,1-2H3. The van der Waals surface area contributed by atoms with Crippen LogP contribution in [0.4, 0.5) is 4.79 Å². The number of nitrogens with zero attached hydrogens (tertiary/aromatic N) is 2. The van der Waals surface area contributed by atoms with Gasteiger partial charge in [0.15, 0.2) is 0 Å². The van der Waals surface area contributed by atoms with Crippen molar-refractivity contribution < 1.29 is 19.2 Å². The summed E-state index contributed by atoms with van der Waals surface area (Å²) in [6.45, 7) is 1.93. The van der Waals surface area contributed by atoms with Gasteiger partial charge in [0.1, 0.15) is 11.8 Å². The number of carbonyl (C=O) groups is 2. The molecule has 6 heteroatoms. The molecule has 132 valence electrons. The highest BCUT2D eigenvalue weighted by Crippen LogP contribution is 2.37. The molecular weight excluding hydrogens is 332 g/mol. The fraction of sp³-hybridized carbons (Fsp3) is 0.200. The van der Waals surface area contributed by atoms with Crippen molar-refractivity contribution in [2.24, 2.45) is 0 Å². The summed E-state index contributed by atoms with van der Waals surface area (Å²) in [5.74, 6) is 0.0676. The van der Waals surface area contributed by atoms with Crippen LogP contribution in [0, 0.1) is 6.92 Å².